The van der Waals surface area contributed by atoms with Gasteiger partial charge < -0.3 is 14.7 Å². The first kappa shape index (κ1) is 15.3. The molecule has 2 rings (SSSR count). The molecule has 0 spiro atoms. The van der Waals surface area contributed by atoms with E-state index in [1.807, 2.05) is 12.1 Å². The van der Waals surface area contributed by atoms with Crippen molar-refractivity contribution in [3.05, 3.63) is 29.3 Å². The zero-order valence-corrected chi connectivity index (χ0v) is 13.0. The molecule has 1 heterocycles. The van der Waals surface area contributed by atoms with E-state index in [1.165, 1.54) is 0 Å². The van der Waals surface area contributed by atoms with Gasteiger partial charge in [0.25, 0.3) is 0 Å². The van der Waals surface area contributed by atoms with Crippen LogP contribution in [0.2, 0.25) is 0 Å². The van der Waals surface area contributed by atoms with Crippen molar-refractivity contribution in [3.8, 4) is 5.75 Å². The van der Waals surface area contributed by atoms with Crippen LogP contribution in [-0.4, -0.2) is 54.7 Å². The highest BCUT2D eigenvalue weighted by Gasteiger charge is 2.21. The third kappa shape index (κ3) is 3.51. The van der Waals surface area contributed by atoms with Gasteiger partial charge in [-0.2, -0.15) is 0 Å². The zero-order valence-electron chi connectivity index (χ0n) is 13.0. The van der Waals surface area contributed by atoms with Crippen molar-refractivity contribution < 1.29 is 9.84 Å². The number of hydrogen-bond acceptors (Lipinski definition) is 4. The summed E-state index contributed by atoms with van der Waals surface area (Å²) in [5, 5.41) is 9.73. The Bertz CT molecular complexity index is 448. The maximum Gasteiger partial charge on any atom is 0.123 e. The molecule has 1 fully saturated rings. The van der Waals surface area contributed by atoms with E-state index in [-0.39, 0.29) is 0 Å². The van der Waals surface area contributed by atoms with Crippen LogP contribution < -0.4 is 4.74 Å². The lowest BCUT2D eigenvalue weighted by molar-refractivity contribution is 0.0992. The van der Waals surface area contributed by atoms with Crippen molar-refractivity contribution in [2.45, 2.75) is 32.5 Å². The van der Waals surface area contributed by atoms with Gasteiger partial charge in [0, 0.05) is 37.8 Å². The van der Waals surface area contributed by atoms with E-state index in [0.717, 1.165) is 43.1 Å². The highest BCUT2D eigenvalue weighted by atomic mass is 16.5. The average Bonchev–Trinajstić information content (AvgIpc) is 2.42. The Morgan fingerprint density at radius 2 is 2.15 bits per heavy atom. The lowest BCUT2D eigenvalue weighted by Crippen LogP contribution is -2.49. The van der Waals surface area contributed by atoms with Crippen LogP contribution >= 0.6 is 0 Å². The fourth-order valence-electron chi connectivity index (χ4n) is 2.69. The lowest BCUT2D eigenvalue weighted by Gasteiger charge is -2.37. The topological polar surface area (TPSA) is 35.9 Å². The van der Waals surface area contributed by atoms with Gasteiger partial charge in [-0.25, -0.2) is 0 Å². The van der Waals surface area contributed by atoms with Crippen molar-refractivity contribution in [3.63, 3.8) is 0 Å². The van der Waals surface area contributed by atoms with Gasteiger partial charge in [0.05, 0.1) is 13.2 Å². The fraction of sp³-hybridized carbons (Fsp3) is 0.625. The minimum absolute atomic E-state index is 0.439. The van der Waals surface area contributed by atoms with Gasteiger partial charge >= 0.3 is 0 Å². The van der Waals surface area contributed by atoms with Crippen LogP contribution in [0.15, 0.2) is 18.2 Å². The summed E-state index contributed by atoms with van der Waals surface area (Å²) in [7, 11) is 3.88. The van der Waals surface area contributed by atoms with E-state index in [4.69, 9.17) is 4.74 Å². The van der Waals surface area contributed by atoms with E-state index >= 15 is 0 Å². The number of methoxy groups -OCH3 is 1. The van der Waals surface area contributed by atoms with Crippen LogP contribution in [0.3, 0.4) is 0 Å². The van der Waals surface area contributed by atoms with Crippen molar-refractivity contribution in [1.29, 1.82) is 0 Å². The Morgan fingerprint density at radius 3 is 2.75 bits per heavy atom. The Labute approximate surface area is 122 Å². The maximum atomic E-state index is 9.73. The number of aliphatic hydroxyl groups excluding tert-OH is 1. The van der Waals surface area contributed by atoms with Crippen LogP contribution in [0.1, 0.15) is 31.1 Å². The van der Waals surface area contributed by atoms with Crippen LogP contribution in [-0.2, 0) is 6.54 Å². The minimum atomic E-state index is -0.439. The highest BCUT2D eigenvalue weighted by Crippen LogP contribution is 2.25. The van der Waals surface area contributed by atoms with Crippen molar-refractivity contribution in [1.82, 2.24) is 9.80 Å². The first-order chi connectivity index (χ1) is 9.51. The van der Waals surface area contributed by atoms with Crippen LogP contribution in [0, 0.1) is 0 Å². The van der Waals surface area contributed by atoms with Crippen molar-refractivity contribution in [2.24, 2.45) is 0 Å². The summed E-state index contributed by atoms with van der Waals surface area (Å²) in [6, 6.07) is 6.53. The molecule has 0 amide bonds. The Kier molecular flexibility index (Phi) is 5.02. The van der Waals surface area contributed by atoms with Gasteiger partial charge in [0.15, 0.2) is 0 Å². The summed E-state index contributed by atoms with van der Waals surface area (Å²) < 4.78 is 5.45. The Morgan fingerprint density at radius 1 is 1.40 bits per heavy atom. The highest BCUT2D eigenvalue weighted by molar-refractivity contribution is 5.38. The number of piperazine rings is 1. The molecule has 2 unspecified atom stereocenters. The van der Waals surface area contributed by atoms with Gasteiger partial charge in [-0.05, 0) is 38.6 Å². The molecule has 1 aliphatic heterocycles. The quantitative estimate of drug-likeness (QED) is 0.912. The third-order valence-electron chi connectivity index (χ3n) is 4.22. The van der Waals surface area contributed by atoms with E-state index in [1.54, 1.807) is 14.0 Å². The average molecular weight is 278 g/mol. The van der Waals surface area contributed by atoms with Crippen LogP contribution in [0.4, 0.5) is 0 Å². The second-order valence-corrected chi connectivity index (χ2v) is 5.81. The van der Waals surface area contributed by atoms with Crippen molar-refractivity contribution in [2.75, 3.05) is 33.8 Å². The molecule has 0 bridgehead atoms. The molecule has 4 heteroatoms. The normalized spacial score (nSPS) is 22.8. The van der Waals surface area contributed by atoms with Crippen LogP contribution in [0.5, 0.6) is 5.75 Å². The third-order valence-corrected chi connectivity index (χ3v) is 4.22. The summed E-state index contributed by atoms with van der Waals surface area (Å²) in [5.41, 5.74) is 2.10. The second-order valence-electron chi connectivity index (χ2n) is 5.81. The second kappa shape index (κ2) is 6.57. The SMILES string of the molecule is COc1ccc(C(C)O)cc1CN1CCN(C)C(C)C1. The van der Waals surface area contributed by atoms with E-state index in [2.05, 4.69) is 29.8 Å². The largest absolute Gasteiger partial charge is 0.496 e. The summed E-state index contributed by atoms with van der Waals surface area (Å²) in [5.74, 6) is 0.904. The summed E-state index contributed by atoms with van der Waals surface area (Å²) in [6.45, 7) is 8.17. The number of benzene rings is 1. The first-order valence-electron chi connectivity index (χ1n) is 7.28. The zero-order chi connectivity index (χ0) is 14.7. The molecule has 20 heavy (non-hydrogen) atoms. The van der Waals surface area contributed by atoms with E-state index in [9.17, 15) is 5.11 Å². The molecule has 0 aliphatic carbocycles. The molecular formula is C16H26N2O2. The molecule has 1 aromatic carbocycles. The molecule has 2 atom stereocenters. The van der Waals surface area contributed by atoms with Crippen molar-refractivity contribution >= 4 is 0 Å². The number of rotatable bonds is 4. The molecule has 0 aromatic heterocycles. The molecule has 1 saturated heterocycles. The smallest absolute Gasteiger partial charge is 0.123 e. The molecule has 0 saturated carbocycles. The fourth-order valence-corrected chi connectivity index (χ4v) is 2.69. The molecule has 1 aliphatic rings. The summed E-state index contributed by atoms with van der Waals surface area (Å²) in [6.07, 6.45) is -0.439. The van der Waals surface area contributed by atoms with E-state index in [0.29, 0.717) is 6.04 Å². The predicted octanol–water partition coefficient (Wildman–Crippen LogP) is 1.88. The molecular weight excluding hydrogens is 252 g/mol. The number of ether oxygens (including phenoxy) is 1. The standard InChI is InChI=1S/C16H26N2O2/c1-12-10-18(8-7-17(12)3)11-15-9-14(13(2)19)5-6-16(15)20-4/h5-6,9,12-13,19H,7-8,10-11H2,1-4H3. The lowest BCUT2D eigenvalue weighted by atomic mass is 10.0. The number of nitrogens with zero attached hydrogens (tertiary/aromatic N) is 2. The number of likely N-dealkylation sites (N-methyl/N-ethyl adjacent to an activating group) is 1. The minimum Gasteiger partial charge on any atom is -0.496 e. The number of aliphatic hydroxyl groups is 1. The Hall–Kier alpha value is -1.10. The van der Waals surface area contributed by atoms with Gasteiger partial charge in [0.1, 0.15) is 5.75 Å². The van der Waals surface area contributed by atoms with Gasteiger partial charge in [0.2, 0.25) is 0 Å². The Balaban J connectivity index is 2.13. The monoisotopic (exact) mass is 278 g/mol. The number of hydrogen-bond donors (Lipinski definition) is 1. The van der Waals surface area contributed by atoms with Crippen LogP contribution in [0.25, 0.3) is 0 Å². The maximum absolute atomic E-state index is 9.73. The first-order valence-corrected chi connectivity index (χ1v) is 7.28. The summed E-state index contributed by atoms with van der Waals surface area (Å²) in [4.78, 5) is 4.84. The predicted molar refractivity (Wildman–Crippen MR) is 81.0 cm³/mol. The van der Waals surface area contributed by atoms with Gasteiger partial charge in [-0.1, -0.05) is 6.07 Å². The molecule has 112 valence electrons. The molecule has 4 nitrogen and oxygen atoms in total. The van der Waals surface area contributed by atoms with Gasteiger partial charge in [-0.15, -0.1) is 0 Å². The molecule has 1 aromatic rings. The van der Waals surface area contributed by atoms with Gasteiger partial charge in [-0.3, -0.25) is 4.90 Å². The van der Waals surface area contributed by atoms with E-state index < -0.39 is 6.10 Å². The molecule has 1 N–H and O–H groups in total. The summed E-state index contributed by atoms with van der Waals surface area (Å²) >= 11 is 0. The molecule has 0 radical (unpaired) electrons.